The van der Waals surface area contributed by atoms with Crippen molar-refractivity contribution in [3.8, 4) is 17.1 Å². The first-order chi connectivity index (χ1) is 18.4. The van der Waals surface area contributed by atoms with E-state index in [1.165, 1.54) is 0 Å². The summed E-state index contributed by atoms with van der Waals surface area (Å²) in [5.41, 5.74) is 5.22. The molecule has 0 bridgehead atoms. The molecule has 0 radical (unpaired) electrons. The molecule has 2 saturated heterocycles. The second kappa shape index (κ2) is 9.16. The van der Waals surface area contributed by atoms with Gasteiger partial charge in [0, 0.05) is 23.0 Å². The average Bonchev–Trinajstić information content (AvgIpc) is 3.66. The average molecular weight is 538 g/mol. The van der Waals surface area contributed by atoms with Crippen LogP contribution in [-0.2, 0) is 15.9 Å². The summed E-state index contributed by atoms with van der Waals surface area (Å²) in [4.78, 5) is 16.5. The SMILES string of the molecule is Cc1ccc(-c2cc(F)c3c(c2)CC[C@@H]3Nc2nc3nc(O[C@@H]4CO[C@H]5[C@@H]4OC[C@H]5O)[nH]c3cc2Cl)cn1. The van der Waals surface area contributed by atoms with Crippen molar-refractivity contribution in [2.45, 2.75) is 50.2 Å². The maximum absolute atomic E-state index is 15.4. The van der Waals surface area contributed by atoms with E-state index in [1.807, 2.05) is 25.1 Å². The standard InChI is InChI=1S/C27H25ClFN5O4/c1-12-2-3-14(9-30-12)15-6-13-4-5-18(22(13)17(29)7-15)31-25-16(28)8-19-26(33-25)34-27(32-19)38-21-11-37-23-20(35)10-36-24(21)23/h2-3,6-9,18,20-21,23-24,35H,4-5,10-11H2,1H3,(H2,31,32,33,34)/t18-,20+,21+,23+,24+/m0/s1. The highest BCUT2D eigenvalue weighted by Gasteiger charge is 2.48. The number of aliphatic hydroxyl groups is 1. The van der Waals surface area contributed by atoms with Crippen LogP contribution in [-0.4, -0.2) is 62.7 Å². The molecule has 4 aromatic rings. The summed E-state index contributed by atoms with van der Waals surface area (Å²) in [6, 6.07) is 9.18. The van der Waals surface area contributed by atoms with Gasteiger partial charge in [0.1, 0.15) is 29.9 Å². The van der Waals surface area contributed by atoms with Crippen molar-refractivity contribution < 1.29 is 23.7 Å². The number of benzene rings is 1. The van der Waals surface area contributed by atoms with E-state index >= 15 is 4.39 Å². The molecule has 3 N–H and O–H groups in total. The molecular formula is C27H25ClFN5O4. The highest BCUT2D eigenvalue weighted by molar-refractivity contribution is 6.33. The van der Waals surface area contributed by atoms with Crippen molar-refractivity contribution in [3.63, 3.8) is 0 Å². The molecule has 9 nitrogen and oxygen atoms in total. The third-order valence-corrected chi connectivity index (χ3v) is 7.76. The van der Waals surface area contributed by atoms with E-state index in [9.17, 15) is 5.11 Å². The Labute approximate surface area is 222 Å². The van der Waals surface area contributed by atoms with Crippen molar-refractivity contribution in [1.29, 1.82) is 0 Å². The summed E-state index contributed by atoms with van der Waals surface area (Å²) in [7, 11) is 0. The summed E-state index contributed by atoms with van der Waals surface area (Å²) < 4.78 is 32.5. The molecule has 1 aliphatic carbocycles. The summed E-state index contributed by atoms with van der Waals surface area (Å²) in [5.74, 6) is 0.157. The monoisotopic (exact) mass is 537 g/mol. The number of fused-ring (bicyclic) bond motifs is 3. The van der Waals surface area contributed by atoms with Crippen LogP contribution in [0, 0.1) is 12.7 Å². The van der Waals surface area contributed by atoms with E-state index in [0.29, 0.717) is 40.6 Å². The van der Waals surface area contributed by atoms with Gasteiger partial charge in [-0.2, -0.15) is 4.98 Å². The van der Waals surface area contributed by atoms with Gasteiger partial charge in [0.05, 0.1) is 29.8 Å². The number of aromatic nitrogens is 4. The molecule has 1 aromatic carbocycles. The second-order valence-corrected chi connectivity index (χ2v) is 10.4. The normalized spacial score (nSPS) is 26.1. The zero-order valence-corrected chi connectivity index (χ0v) is 21.2. The number of anilines is 1. The van der Waals surface area contributed by atoms with E-state index in [4.69, 9.17) is 25.8 Å². The first kappa shape index (κ1) is 23.8. The van der Waals surface area contributed by atoms with Crippen molar-refractivity contribution in [3.05, 3.63) is 64.2 Å². The Kier molecular flexibility index (Phi) is 5.73. The number of aromatic amines is 1. The van der Waals surface area contributed by atoms with Crippen molar-refractivity contribution >= 4 is 28.6 Å². The van der Waals surface area contributed by atoms with Crippen molar-refractivity contribution in [1.82, 2.24) is 19.9 Å². The molecule has 0 spiro atoms. The van der Waals surface area contributed by atoms with Crippen LogP contribution >= 0.6 is 11.6 Å². The van der Waals surface area contributed by atoms with Gasteiger partial charge in [-0.15, -0.1) is 0 Å². The number of imidazole rings is 1. The summed E-state index contributed by atoms with van der Waals surface area (Å²) in [5, 5.41) is 13.7. The topological polar surface area (TPSA) is 114 Å². The van der Waals surface area contributed by atoms with Crippen LogP contribution in [0.1, 0.15) is 29.3 Å². The Bertz CT molecular complexity index is 1530. The number of hydrogen-bond acceptors (Lipinski definition) is 8. The highest BCUT2D eigenvalue weighted by atomic mass is 35.5. The number of H-pyrrole nitrogens is 1. The molecule has 11 heteroatoms. The van der Waals surface area contributed by atoms with Crippen LogP contribution < -0.4 is 10.1 Å². The molecule has 5 atom stereocenters. The molecule has 3 aliphatic rings. The summed E-state index contributed by atoms with van der Waals surface area (Å²) in [6.07, 6.45) is 1.41. The molecule has 196 valence electrons. The largest absolute Gasteiger partial charge is 0.456 e. The number of nitrogens with zero attached hydrogens (tertiary/aromatic N) is 3. The quantitative estimate of drug-likeness (QED) is 0.348. The lowest BCUT2D eigenvalue weighted by Gasteiger charge is -2.17. The van der Waals surface area contributed by atoms with Crippen LogP contribution in [0.25, 0.3) is 22.3 Å². The number of ether oxygens (including phenoxy) is 3. The number of pyridine rings is 2. The van der Waals surface area contributed by atoms with Crippen LogP contribution in [0.5, 0.6) is 6.01 Å². The molecule has 5 heterocycles. The van der Waals surface area contributed by atoms with Gasteiger partial charge >= 0.3 is 0 Å². The molecule has 38 heavy (non-hydrogen) atoms. The number of rotatable bonds is 5. The van der Waals surface area contributed by atoms with Gasteiger partial charge in [-0.25, -0.2) is 9.37 Å². The predicted molar refractivity (Wildman–Crippen MR) is 138 cm³/mol. The molecule has 0 saturated carbocycles. The number of nitrogens with one attached hydrogen (secondary N) is 2. The van der Waals surface area contributed by atoms with Gasteiger partial charge in [0.25, 0.3) is 6.01 Å². The van der Waals surface area contributed by atoms with Crippen molar-refractivity contribution in [2.75, 3.05) is 18.5 Å². The van der Waals surface area contributed by atoms with Gasteiger partial charge in [-0.05, 0) is 49.1 Å². The molecule has 2 aliphatic heterocycles. The van der Waals surface area contributed by atoms with Gasteiger partial charge in [0.15, 0.2) is 11.8 Å². The molecule has 7 rings (SSSR count). The molecule has 2 fully saturated rings. The smallest absolute Gasteiger partial charge is 0.296 e. The van der Waals surface area contributed by atoms with Crippen LogP contribution in [0.3, 0.4) is 0 Å². The highest BCUT2D eigenvalue weighted by Crippen LogP contribution is 2.39. The second-order valence-electron chi connectivity index (χ2n) is 10.0. The Morgan fingerprint density at radius 3 is 2.84 bits per heavy atom. The van der Waals surface area contributed by atoms with Crippen LogP contribution in [0.2, 0.25) is 5.02 Å². The number of halogens is 2. The predicted octanol–water partition coefficient (Wildman–Crippen LogP) is 4.13. The lowest BCUT2D eigenvalue weighted by molar-refractivity contribution is 0.00706. The maximum atomic E-state index is 15.4. The number of aliphatic hydroxyl groups excluding tert-OH is 1. The fourth-order valence-electron chi connectivity index (χ4n) is 5.57. The van der Waals surface area contributed by atoms with Gasteiger partial charge < -0.3 is 29.6 Å². The molecule has 0 amide bonds. The molecule has 3 aromatic heterocycles. The van der Waals surface area contributed by atoms with E-state index in [2.05, 4.69) is 25.3 Å². The maximum Gasteiger partial charge on any atom is 0.296 e. The Morgan fingerprint density at radius 2 is 2.00 bits per heavy atom. The summed E-state index contributed by atoms with van der Waals surface area (Å²) >= 11 is 6.55. The zero-order valence-electron chi connectivity index (χ0n) is 20.4. The van der Waals surface area contributed by atoms with Crippen LogP contribution in [0.15, 0.2) is 36.5 Å². The van der Waals surface area contributed by atoms with E-state index < -0.39 is 18.3 Å². The first-order valence-corrected chi connectivity index (χ1v) is 13.0. The zero-order chi connectivity index (χ0) is 26.0. The van der Waals surface area contributed by atoms with Gasteiger partial charge in [-0.1, -0.05) is 23.7 Å². The third kappa shape index (κ3) is 4.08. The fraction of sp³-hybridized carbons (Fsp3) is 0.370. The molecule has 0 unspecified atom stereocenters. The Hall–Kier alpha value is -3.31. The number of aryl methyl sites for hydroxylation is 2. The van der Waals surface area contributed by atoms with E-state index in [0.717, 1.165) is 28.8 Å². The lowest BCUT2D eigenvalue weighted by atomic mass is 10.00. The lowest BCUT2D eigenvalue weighted by Crippen LogP contribution is -2.34. The third-order valence-electron chi connectivity index (χ3n) is 7.47. The minimum absolute atomic E-state index is 0.219. The van der Waals surface area contributed by atoms with E-state index in [-0.39, 0.29) is 30.6 Å². The van der Waals surface area contributed by atoms with E-state index in [1.54, 1.807) is 18.3 Å². The minimum Gasteiger partial charge on any atom is -0.456 e. The fourth-order valence-corrected chi connectivity index (χ4v) is 5.78. The Morgan fingerprint density at radius 1 is 1.13 bits per heavy atom. The Balaban J connectivity index is 1.11. The first-order valence-electron chi connectivity index (χ1n) is 12.6. The molecular weight excluding hydrogens is 513 g/mol. The van der Waals surface area contributed by atoms with Crippen LogP contribution in [0.4, 0.5) is 10.2 Å². The summed E-state index contributed by atoms with van der Waals surface area (Å²) in [6.45, 7) is 2.43. The van der Waals surface area contributed by atoms with Gasteiger partial charge in [0.2, 0.25) is 0 Å². The minimum atomic E-state index is -0.657. The number of hydrogen-bond donors (Lipinski definition) is 3. The van der Waals surface area contributed by atoms with Crippen molar-refractivity contribution in [2.24, 2.45) is 0 Å². The van der Waals surface area contributed by atoms with Gasteiger partial charge in [-0.3, -0.25) is 4.98 Å².